The van der Waals surface area contributed by atoms with Crippen molar-refractivity contribution in [1.82, 2.24) is 9.88 Å². The first-order valence-corrected chi connectivity index (χ1v) is 5.09. The largest absolute Gasteiger partial charge is 0.355 e. The van der Waals surface area contributed by atoms with E-state index in [1.807, 2.05) is 0 Å². The number of rotatable bonds is 1. The van der Waals surface area contributed by atoms with Crippen molar-refractivity contribution in [2.45, 2.75) is 26.7 Å². The van der Waals surface area contributed by atoms with Crippen LogP contribution in [0.25, 0.3) is 0 Å². The summed E-state index contributed by atoms with van der Waals surface area (Å²) in [4.78, 5) is 23.3. The van der Waals surface area contributed by atoms with Gasteiger partial charge in [0.25, 0.3) is 11.5 Å². The van der Waals surface area contributed by atoms with Crippen molar-refractivity contribution in [1.29, 1.82) is 0 Å². The maximum absolute atomic E-state index is 11.8. The van der Waals surface area contributed by atoms with Gasteiger partial charge in [0.2, 0.25) is 0 Å². The van der Waals surface area contributed by atoms with Crippen LogP contribution in [0.2, 0.25) is 0 Å². The maximum atomic E-state index is 11.8. The molecule has 0 radical (unpaired) electrons. The highest BCUT2D eigenvalue weighted by molar-refractivity contribution is 5.93. The first-order chi connectivity index (χ1) is 7.15. The average molecular weight is 222 g/mol. The molecule has 1 amide bonds. The van der Waals surface area contributed by atoms with Gasteiger partial charge >= 0.3 is 0 Å². The molecule has 1 aliphatic rings. The fourth-order valence-corrected chi connectivity index (χ4v) is 2.13. The summed E-state index contributed by atoms with van der Waals surface area (Å²) >= 11 is 0. The van der Waals surface area contributed by atoms with E-state index in [4.69, 9.17) is 0 Å². The van der Waals surface area contributed by atoms with Gasteiger partial charge in [0.15, 0.2) is 0 Å². The van der Waals surface area contributed by atoms with Crippen LogP contribution in [-0.2, 0) is 19.9 Å². The van der Waals surface area contributed by atoms with Crippen molar-refractivity contribution < 1.29 is 4.79 Å². The van der Waals surface area contributed by atoms with Gasteiger partial charge in [0, 0.05) is 19.8 Å². The topological polar surface area (TPSA) is 51.1 Å². The minimum atomic E-state index is -0.301. The molecular weight excluding hydrogens is 204 g/mol. The fraction of sp³-hybridized carbons (Fsp3) is 0.500. The van der Waals surface area contributed by atoms with E-state index in [0.717, 1.165) is 30.5 Å². The van der Waals surface area contributed by atoms with Crippen molar-refractivity contribution in [2.75, 3.05) is 7.05 Å². The van der Waals surface area contributed by atoms with Crippen molar-refractivity contribution >= 4 is 5.91 Å². The second-order valence-corrected chi connectivity index (χ2v) is 3.83. The lowest BCUT2D eigenvalue weighted by atomic mass is 10.1. The number of hydrogen-bond donors (Lipinski definition) is 1. The van der Waals surface area contributed by atoms with Crippen LogP contribution in [-0.4, -0.2) is 17.5 Å². The van der Waals surface area contributed by atoms with Gasteiger partial charge in [-0.1, -0.05) is 7.43 Å². The molecule has 0 atom stereocenters. The number of carbonyl (C=O) groups excluding carboxylic acids is 1. The molecular formula is C12H18N2O2. The third-order valence-corrected chi connectivity index (χ3v) is 2.96. The molecule has 0 saturated carbocycles. The summed E-state index contributed by atoms with van der Waals surface area (Å²) in [5, 5.41) is 2.49. The molecule has 0 fully saturated rings. The fourth-order valence-electron chi connectivity index (χ4n) is 2.13. The number of hydrogen-bond acceptors (Lipinski definition) is 2. The zero-order valence-electron chi connectivity index (χ0n) is 8.96. The molecule has 0 bridgehead atoms. The Morgan fingerprint density at radius 3 is 2.75 bits per heavy atom. The molecule has 0 aromatic carbocycles. The standard InChI is InChI=1S/C11H14N2O2.CH4/c1-12-10(14)8-6-7-4-3-5-9(7)13(2)11(8)15;/h6H,3-5H2,1-2H3,(H,12,14);1H4. The lowest BCUT2D eigenvalue weighted by Crippen LogP contribution is -2.31. The Labute approximate surface area is 95.3 Å². The number of amides is 1. The molecule has 0 unspecified atom stereocenters. The number of nitrogens with one attached hydrogen (secondary N) is 1. The van der Waals surface area contributed by atoms with Crippen LogP contribution in [0.15, 0.2) is 10.9 Å². The summed E-state index contributed by atoms with van der Waals surface area (Å²) in [5.74, 6) is -0.301. The van der Waals surface area contributed by atoms with Gasteiger partial charge < -0.3 is 9.88 Å². The minimum Gasteiger partial charge on any atom is -0.355 e. The van der Waals surface area contributed by atoms with E-state index in [1.165, 1.54) is 7.05 Å². The normalized spacial score (nSPS) is 12.9. The summed E-state index contributed by atoms with van der Waals surface area (Å²) in [5.41, 5.74) is 2.26. The van der Waals surface area contributed by atoms with Gasteiger partial charge in [-0.05, 0) is 30.9 Å². The van der Waals surface area contributed by atoms with Crippen LogP contribution in [0, 0.1) is 0 Å². The lowest BCUT2D eigenvalue weighted by Gasteiger charge is -2.09. The molecule has 2 rings (SSSR count). The SMILES string of the molecule is C.CNC(=O)c1cc2c(n(C)c1=O)CCC2. The Hall–Kier alpha value is -1.58. The Morgan fingerprint density at radius 2 is 2.12 bits per heavy atom. The number of aryl methyl sites for hydroxylation is 1. The van der Waals surface area contributed by atoms with Gasteiger partial charge in [-0.3, -0.25) is 9.59 Å². The monoisotopic (exact) mass is 222 g/mol. The second kappa shape index (κ2) is 4.51. The van der Waals surface area contributed by atoms with Gasteiger partial charge in [-0.15, -0.1) is 0 Å². The van der Waals surface area contributed by atoms with Crippen LogP contribution >= 0.6 is 0 Å². The van der Waals surface area contributed by atoms with Crippen LogP contribution in [0.1, 0.15) is 35.5 Å². The quantitative estimate of drug-likeness (QED) is 0.766. The molecule has 1 N–H and O–H groups in total. The predicted molar refractivity (Wildman–Crippen MR) is 63.8 cm³/mol. The number of nitrogens with zero attached hydrogens (tertiary/aromatic N) is 1. The van der Waals surface area contributed by atoms with Gasteiger partial charge in [0.05, 0.1) is 0 Å². The molecule has 1 heterocycles. The third-order valence-electron chi connectivity index (χ3n) is 2.96. The molecule has 0 saturated heterocycles. The van der Waals surface area contributed by atoms with Crippen molar-refractivity contribution in [3.63, 3.8) is 0 Å². The summed E-state index contributed by atoms with van der Waals surface area (Å²) in [6, 6.07) is 1.74. The highest BCUT2D eigenvalue weighted by Gasteiger charge is 2.19. The maximum Gasteiger partial charge on any atom is 0.263 e. The van der Waals surface area contributed by atoms with E-state index in [-0.39, 0.29) is 24.5 Å². The molecule has 1 aliphatic carbocycles. The number of pyridine rings is 1. The number of aromatic nitrogens is 1. The van der Waals surface area contributed by atoms with E-state index in [0.29, 0.717) is 0 Å². The van der Waals surface area contributed by atoms with Crippen LogP contribution < -0.4 is 10.9 Å². The summed E-state index contributed by atoms with van der Waals surface area (Å²) < 4.78 is 1.60. The van der Waals surface area contributed by atoms with Gasteiger partial charge in [-0.25, -0.2) is 0 Å². The van der Waals surface area contributed by atoms with E-state index < -0.39 is 0 Å². The van der Waals surface area contributed by atoms with Crippen molar-refractivity contribution in [2.24, 2.45) is 7.05 Å². The Kier molecular flexibility index (Phi) is 3.52. The van der Waals surface area contributed by atoms with Gasteiger partial charge in [-0.2, -0.15) is 0 Å². The van der Waals surface area contributed by atoms with Crippen molar-refractivity contribution in [3.05, 3.63) is 33.2 Å². The number of fused-ring (bicyclic) bond motifs is 1. The Morgan fingerprint density at radius 1 is 1.44 bits per heavy atom. The molecule has 0 aliphatic heterocycles. The molecule has 1 aromatic heterocycles. The summed E-state index contributed by atoms with van der Waals surface area (Å²) in [6.45, 7) is 0. The smallest absolute Gasteiger partial charge is 0.263 e. The van der Waals surface area contributed by atoms with Crippen LogP contribution in [0.5, 0.6) is 0 Å². The molecule has 16 heavy (non-hydrogen) atoms. The zero-order chi connectivity index (χ0) is 11.0. The predicted octanol–water partition coefficient (Wildman–Crippen LogP) is 0.870. The Bertz CT molecular complexity index is 475. The molecule has 4 nitrogen and oxygen atoms in total. The molecule has 4 heteroatoms. The summed E-state index contributed by atoms with van der Waals surface area (Å²) in [6.07, 6.45) is 2.97. The average Bonchev–Trinajstić information content (AvgIpc) is 2.70. The molecule has 1 aromatic rings. The molecule has 88 valence electrons. The van der Waals surface area contributed by atoms with Crippen LogP contribution in [0.3, 0.4) is 0 Å². The van der Waals surface area contributed by atoms with E-state index in [1.54, 1.807) is 17.7 Å². The van der Waals surface area contributed by atoms with Crippen molar-refractivity contribution in [3.8, 4) is 0 Å². The van der Waals surface area contributed by atoms with Crippen LogP contribution in [0.4, 0.5) is 0 Å². The summed E-state index contributed by atoms with van der Waals surface area (Å²) in [7, 11) is 3.27. The lowest BCUT2D eigenvalue weighted by molar-refractivity contribution is 0.0961. The van der Waals surface area contributed by atoms with Gasteiger partial charge in [0.1, 0.15) is 5.56 Å². The highest BCUT2D eigenvalue weighted by Crippen LogP contribution is 2.20. The third kappa shape index (κ3) is 1.75. The van der Waals surface area contributed by atoms with E-state index in [9.17, 15) is 9.59 Å². The Balaban J connectivity index is 0.00000128. The number of carbonyl (C=O) groups is 1. The minimum absolute atomic E-state index is 0. The van der Waals surface area contributed by atoms with E-state index >= 15 is 0 Å². The van der Waals surface area contributed by atoms with E-state index in [2.05, 4.69) is 5.32 Å². The molecule has 0 spiro atoms. The first-order valence-electron chi connectivity index (χ1n) is 5.09. The zero-order valence-corrected chi connectivity index (χ0v) is 8.96. The first kappa shape index (κ1) is 12.5. The highest BCUT2D eigenvalue weighted by atomic mass is 16.2. The second-order valence-electron chi connectivity index (χ2n) is 3.83.